The molecule has 1 rings (SSSR count). The maximum absolute atomic E-state index is 11.6. The molecule has 17 heavy (non-hydrogen) atoms. The molecule has 5 heteroatoms. The number of carbonyl (C=O) groups is 3. The summed E-state index contributed by atoms with van der Waals surface area (Å²) in [6.45, 7) is 5.87. The predicted octanol–water partition coefficient (Wildman–Crippen LogP) is 1.34. The van der Waals surface area contributed by atoms with Gasteiger partial charge in [0.15, 0.2) is 0 Å². The topological polar surface area (TPSA) is 54.5 Å². The minimum Gasteiger partial charge on any atom is -0.334 e. The van der Waals surface area contributed by atoms with Gasteiger partial charge in [-0.25, -0.2) is 0 Å². The molecular formula is C12H18NO3Y-. The van der Waals surface area contributed by atoms with Gasteiger partial charge in [-0.3, -0.25) is 14.5 Å². The standard InChI is InChI=1S/C12H18NO3.Y/c1-12(2,3)9(14)5-4-8-13-10(15)6-7-11(13)16;/h5H,4,6-8H2,1-3H3;/q-1;. The van der Waals surface area contributed by atoms with Crippen molar-refractivity contribution in [3.63, 3.8) is 0 Å². The molecule has 1 heterocycles. The average molecular weight is 313 g/mol. The van der Waals surface area contributed by atoms with Crippen molar-refractivity contribution in [2.75, 3.05) is 6.54 Å². The molecule has 0 spiro atoms. The maximum atomic E-state index is 11.6. The van der Waals surface area contributed by atoms with Gasteiger partial charge in [0.2, 0.25) is 11.8 Å². The minimum atomic E-state index is -0.390. The van der Waals surface area contributed by atoms with Gasteiger partial charge in [-0.1, -0.05) is 20.8 Å². The first-order chi connectivity index (χ1) is 7.32. The normalized spacial score (nSPS) is 15.8. The monoisotopic (exact) mass is 313 g/mol. The number of imide groups is 1. The van der Waals surface area contributed by atoms with E-state index in [9.17, 15) is 14.4 Å². The van der Waals surface area contributed by atoms with Gasteiger partial charge < -0.3 is 11.2 Å². The Labute approximate surface area is 127 Å². The molecule has 0 aromatic heterocycles. The zero-order chi connectivity index (χ0) is 12.3. The molecular weight excluding hydrogens is 295 g/mol. The van der Waals surface area contributed by atoms with E-state index in [0.717, 1.165) is 0 Å². The van der Waals surface area contributed by atoms with E-state index in [4.69, 9.17) is 0 Å². The molecule has 0 bridgehead atoms. The molecule has 1 aliphatic rings. The number of Topliss-reactive ketones (excluding diaryl/α,β-unsaturated/α-hetero) is 1. The van der Waals surface area contributed by atoms with Crippen LogP contribution in [0, 0.1) is 11.8 Å². The second-order valence-electron chi connectivity index (χ2n) is 5.05. The summed E-state index contributed by atoms with van der Waals surface area (Å²) < 4.78 is 0. The van der Waals surface area contributed by atoms with Crippen LogP contribution in [0.4, 0.5) is 0 Å². The van der Waals surface area contributed by atoms with Crippen molar-refractivity contribution in [3.8, 4) is 0 Å². The fourth-order valence-corrected chi connectivity index (χ4v) is 1.50. The van der Waals surface area contributed by atoms with E-state index in [1.54, 1.807) is 6.42 Å². The van der Waals surface area contributed by atoms with Gasteiger partial charge in [0, 0.05) is 57.9 Å². The van der Waals surface area contributed by atoms with E-state index in [0.29, 0.717) is 25.8 Å². The largest absolute Gasteiger partial charge is 0.334 e. The predicted molar refractivity (Wildman–Crippen MR) is 59.3 cm³/mol. The molecule has 0 atom stereocenters. The molecule has 0 aromatic rings. The molecule has 1 radical (unpaired) electrons. The molecule has 0 aromatic carbocycles. The van der Waals surface area contributed by atoms with Gasteiger partial charge >= 0.3 is 0 Å². The van der Waals surface area contributed by atoms with Crippen LogP contribution in [0.3, 0.4) is 0 Å². The fraction of sp³-hybridized carbons (Fsp3) is 0.667. The smallest absolute Gasteiger partial charge is 0.229 e. The van der Waals surface area contributed by atoms with Crippen LogP contribution >= 0.6 is 0 Å². The third kappa shape index (κ3) is 4.88. The summed E-state index contributed by atoms with van der Waals surface area (Å²) in [5, 5.41) is 0. The summed E-state index contributed by atoms with van der Waals surface area (Å²) in [7, 11) is 0. The molecule has 2 amide bonds. The first kappa shape index (κ1) is 16.8. The van der Waals surface area contributed by atoms with Crippen molar-refractivity contribution >= 4 is 17.6 Å². The maximum Gasteiger partial charge on any atom is 0.229 e. The second kappa shape index (κ2) is 6.65. The Morgan fingerprint density at radius 3 is 2.12 bits per heavy atom. The van der Waals surface area contributed by atoms with Crippen LogP contribution in [0.25, 0.3) is 0 Å². The average Bonchev–Trinajstić information content (AvgIpc) is 2.47. The Kier molecular flexibility index (Phi) is 6.56. The molecule has 1 fully saturated rings. The summed E-state index contributed by atoms with van der Waals surface area (Å²) in [6, 6.07) is 0. The van der Waals surface area contributed by atoms with Crippen LogP contribution in [-0.4, -0.2) is 29.0 Å². The van der Waals surface area contributed by atoms with E-state index in [1.807, 2.05) is 20.8 Å². The number of hydrogen-bond donors (Lipinski definition) is 0. The number of rotatable bonds is 4. The number of likely N-dealkylation sites (tertiary alicyclic amines) is 1. The van der Waals surface area contributed by atoms with Gasteiger partial charge in [0.25, 0.3) is 0 Å². The van der Waals surface area contributed by atoms with Gasteiger partial charge in [-0.15, -0.1) is 6.42 Å². The van der Waals surface area contributed by atoms with Gasteiger partial charge in [-0.05, 0) is 5.41 Å². The number of ketones is 1. The van der Waals surface area contributed by atoms with Crippen LogP contribution < -0.4 is 0 Å². The molecule has 4 nitrogen and oxygen atoms in total. The Bertz CT molecular complexity index is 304. The van der Waals surface area contributed by atoms with Gasteiger partial charge in [0.05, 0.1) is 0 Å². The third-order valence-electron chi connectivity index (χ3n) is 2.58. The zero-order valence-electron chi connectivity index (χ0n) is 10.7. The fourth-order valence-electron chi connectivity index (χ4n) is 1.50. The van der Waals surface area contributed by atoms with Crippen molar-refractivity contribution < 1.29 is 47.1 Å². The third-order valence-corrected chi connectivity index (χ3v) is 2.58. The number of carbonyl (C=O) groups excluding carboxylic acids is 3. The molecule has 0 unspecified atom stereocenters. The summed E-state index contributed by atoms with van der Waals surface area (Å²) in [5.41, 5.74) is -0.390. The van der Waals surface area contributed by atoms with Crippen molar-refractivity contribution in [2.24, 2.45) is 5.41 Å². The van der Waals surface area contributed by atoms with E-state index >= 15 is 0 Å². The summed E-state index contributed by atoms with van der Waals surface area (Å²) in [4.78, 5) is 35.3. The minimum absolute atomic E-state index is 0. The quantitative estimate of drug-likeness (QED) is 0.581. The van der Waals surface area contributed by atoms with Gasteiger partial charge in [0.1, 0.15) is 0 Å². The Balaban J connectivity index is 0.00000256. The Morgan fingerprint density at radius 1 is 1.24 bits per heavy atom. The Morgan fingerprint density at radius 2 is 1.71 bits per heavy atom. The van der Waals surface area contributed by atoms with Crippen LogP contribution in [0.5, 0.6) is 0 Å². The first-order valence-corrected chi connectivity index (χ1v) is 5.53. The van der Waals surface area contributed by atoms with Crippen molar-refractivity contribution in [2.45, 2.75) is 40.0 Å². The number of nitrogens with zero attached hydrogens (tertiary/aromatic N) is 1. The first-order valence-electron chi connectivity index (χ1n) is 5.53. The second-order valence-corrected chi connectivity index (χ2v) is 5.05. The molecule has 1 saturated heterocycles. The van der Waals surface area contributed by atoms with Crippen LogP contribution in [0.2, 0.25) is 0 Å². The molecule has 0 N–H and O–H groups in total. The molecule has 93 valence electrons. The van der Waals surface area contributed by atoms with Crippen molar-refractivity contribution in [1.29, 1.82) is 0 Å². The van der Waals surface area contributed by atoms with E-state index in [-0.39, 0.29) is 55.7 Å². The van der Waals surface area contributed by atoms with Crippen LogP contribution in [0.15, 0.2) is 0 Å². The Hall–Kier alpha value is -0.216. The molecule has 0 aliphatic carbocycles. The van der Waals surface area contributed by atoms with Crippen LogP contribution in [0.1, 0.15) is 40.0 Å². The van der Waals surface area contributed by atoms with E-state index in [2.05, 4.69) is 0 Å². The number of amides is 2. The van der Waals surface area contributed by atoms with Crippen LogP contribution in [-0.2, 0) is 47.1 Å². The number of hydrogen-bond acceptors (Lipinski definition) is 3. The van der Waals surface area contributed by atoms with E-state index in [1.165, 1.54) is 4.90 Å². The SMILES string of the molecule is CC(C)(C)C(=O)[CH-]CCN1C(=O)CCC1=O.[Y]. The van der Waals surface area contributed by atoms with Crippen molar-refractivity contribution in [1.82, 2.24) is 4.90 Å². The van der Waals surface area contributed by atoms with E-state index < -0.39 is 0 Å². The zero-order valence-corrected chi connectivity index (χ0v) is 13.5. The van der Waals surface area contributed by atoms with Crippen molar-refractivity contribution in [3.05, 3.63) is 6.42 Å². The summed E-state index contributed by atoms with van der Waals surface area (Å²) >= 11 is 0. The van der Waals surface area contributed by atoms with Gasteiger partial charge in [-0.2, -0.15) is 0 Å². The molecule has 1 aliphatic heterocycles. The summed E-state index contributed by atoms with van der Waals surface area (Å²) in [6.07, 6.45) is 2.64. The molecule has 0 saturated carbocycles. The summed E-state index contributed by atoms with van der Waals surface area (Å²) in [5.74, 6) is -0.199.